The molecule has 0 saturated carbocycles. The van der Waals surface area contributed by atoms with Gasteiger partial charge in [0.15, 0.2) is 0 Å². The third-order valence-electron chi connectivity index (χ3n) is 2.34. The van der Waals surface area contributed by atoms with E-state index in [-0.39, 0.29) is 0 Å². The molecule has 0 rings (SSSR count). The molecule has 0 spiro atoms. The minimum absolute atomic E-state index is 0.391. The number of rotatable bonds is 7. The van der Waals surface area contributed by atoms with Gasteiger partial charge in [-0.1, -0.05) is 13.3 Å². The molecule has 0 aliphatic heterocycles. The molecule has 5 nitrogen and oxygen atoms in total. The van der Waals surface area contributed by atoms with Crippen LogP contribution in [0, 0.1) is 0 Å². The van der Waals surface area contributed by atoms with Crippen molar-refractivity contribution in [3.05, 3.63) is 0 Å². The molecule has 15 heavy (non-hydrogen) atoms. The Morgan fingerprint density at radius 2 is 1.93 bits per heavy atom. The Morgan fingerprint density at radius 3 is 2.33 bits per heavy atom. The lowest BCUT2D eigenvalue weighted by Gasteiger charge is -2.21. The Labute approximate surface area is 92.9 Å². The molecule has 6 heteroatoms. The fourth-order valence-corrected chi connectivity index (χ4v) is 3.23. The van der Waals surface area contributed by atoms with Crippen molar-refractivity contribution in [1.82, 2.24) is 5.32 Å². The van der Waals surface area contributed by atoms with E-state index < -0.39 is 15.4 Å². The molecule has 0 aromatic rings. The first-order valence-electron chi connectivity index (χ1n) is 5.06. The molecule has 1 N–H and O–H groups in total. The van der Waals surface area contributed by atoms with Gasteiger partial charge < -0.3 is 18.9 Å². The molecule has 0 saturated heterocycles. The molecule has 0 radical (unpaired) electrons. The summed E-state index contributed by atoms with van der Waals surface area (Å²) in [6, 6.07) is 0. The van der Waals surface area contributed by atoms with Crippen LogP contribution in [0.4, 0.5) is 4.79 Å². The molecule has 0 aliphatic rings. The van der Waals surface area contributed by atoms with E-state index in [1.807, 2.05) is 0 Å². The maximum Gasteiger partial charge on any atom is 0.406 e. The maximum absolute atomic E-state index is 10.8. The van der Waals surface area contributed by atoms with Gasteiger partial charge in [-0.2, -0.15) is 0 Å². The van der Waals surface area contributed by atoms with Gasteiger partial charge in [0.05, 0.1) is 7.11 Å². The molecule has 0 fully saturated rings. The van der Waals surface area contributed by atoms with Crippen LogP contribution in [0.1, 0.15) is 19.8 Å². The number of nitrogens with one attached hydrogen (secondary N) is 1. The van der Waals surface area contributed by atoms with Gasteiger partial charge in [-0.05, 0) is 6.42 Å². The number of hydrogen-bond acceptors (Lipinski definition) is 4. The van der Waals surface area contributed by atoms with Crippen LogP contribution in [0.3, 0.4) is 0 Å². The van der Waals surface area contributed by atoms with Crippen molar-refractivity contribution in [2.45, 2.75) is 25.3 Å². The van der Waals surface area contributed by atoms with Crippen molar-refractivity contribution in [3.63, 3.8) is 0 Å². The van der Waals surface area contributed by atoms with E-state index in [2.05, 4.69) is 17.0 Å². The summed E-state index contributed by atoms with van der Waals surface area (Å²) >= 11 is 0. The van der Waals surface area contributed by atoms with Gasteiger partial charge in [0.25, 0.3) is 0 Å². The lowest BCUT2D eigenvalue weighted by Crippen LogP contribution is -2.30. The molecule has 1 amide bonds. The van der Waals surface area contributed by atoms with Gasteiger partial charge in [0, 0.05) is 26.3 Å². The second-order valence-corrected chi connectivity index (χ2v) is 5.84. The van der Waals surface area contributed by atoms with E-state index in [1.54, 1.807) is 14.2 Å². The van der Waals surface area contributed by atoms with Crippen LogP contribution >= 0.6 is 0 Å². The third kappa shape index (κ3) is 5.76. The highest BCUT2D eigenvalue weighted by molar-refractivity contribution is 6.46. The van der Waals surface area contributed by atoms with E-state index in [0.29, 0.717) is 12.1 Å². The summed E-state index contributed by atoms with van der Waals surface area (Å²) in [7, 11) is 3.14. The third-order valence-corrected chi connectivity index (χ3v) is 4.85. The number of ether oxygens (including phenoxy) is 1. The highest BCUT2D eigenvalue weighted by Gasteiger charge is 2.22. The van der Waals surface area contributed by atoms with Crippen LogP contribution in [0.15, 0.2) is 0 Å². The Morgan fingerprint density at radius 1 is 1.33 bits per heavy atom. The number of carbonyl (C=O) groups excluding carboxylic acids is 1. The second-order valence-electron chi connectivity index (χ2n) is 3.22. The van der Waals surface area contributed by atoms with Crippen molar-refractivity contribution in [3.8, 4) is 0 Å². The Hall–Kier alpha value is -0.593. The minimum Gasteiger partial charge on any atom is -0.453 e. The fraction of sp³-hybridized carbons (Fsp3) is 0.889. The Balaban J connectivity index is 3.83. The molecule has 0 aromatic heterocycles. The van der Waals surface area contributed by atoms with Crippen molar-refractivity contribution in [2.75, 3.05) is 27.9 Å². The van der Waals surface area contributed by atoms with Gasteiger partial charge >= 0.3 is 15.4 Å². The average molecular weight is 235 g/mol. The van der Waals surface area contributed by atoms with E-state index >= 15 is 0 Å². The molecule has 0 aromatic carbocycles. The lowest BCUT2D eigenvalue weighted by atomic mass is 10.2. The number of hydrogen-bond donors (Lipinski definition) is 1. The molecular formula is C9H21NO4Si. The topological polar surface area (TPSA) is 56.8 Å². The highest BCUT2D eigenvalue weighted by Crippen LogP contribution is 2.19. The minimum atomic E-state index is -1.57. The number of methoxy groups -OCH3 is 1. The lowest BCUT2D eigenvalue weighted by molar-refractivity contribution is 0.170. The van der Waals surface area contributed by atoms with Crippen LogP contribution in [0.2, 0.25) is 5.54 Å². The SMILES string of the molecule is CCC(CCNC(=O)OC)[SiH](OC)OC. The van der Waals surface area contributed by atoms with Gasteiger partial charge in [-0.3, -0.25) is 0 Å². The molecular weight excluding hydrogens is 214 g/mol. The molecule has 0 aliphatic carbocycles. The van der Waals surface area contributed by atoms with Crippen LogP contribution in [0.25, 0.3) is 0 Å². The molecule has 0 heterocycles. The van der Waals surface area contributed by atoms with Gasteiger partial charge in [-0.15, -0.1) is 0 Å². The van der Waals surface area contributed by atoms with E-state index in [9.17, 15) is 4.79 Å². The normalized spacial score (nSPS) is 12.6. The first-order valence-corrected chi connectivity index (χ1v) is 6.67. The largest absolute Gasteiger partial charge is 0.453 e. The first kappa shape index (κ1) is 14.4. The molecule has 1 unspecified atom stereocenters. The summed E-state index contributed by atoms with van der Waals surface area (Å²) in [5, 5.41) is 2.65. The molecule has 0 bridgehead atoms. The van der Waals surface area contributed by atoms with Gasteiger partial charge in [0.1, 0.15) is 0 Å². The predicted octanol–water partition coefficient (Wildman–Crippen LogP) is 1.03. The van der Waals surface area contributed by atoms with Crippen LogP contribution in [-0.4, -0.2) is 43.3 Å². The maximum atomic E-state index is 10.8. The highest BCUT2D eigenvalue weighted by atomic mass is 28.3. The Bertz CT molecular complexity index is 175. The quantitative estimate of drug-likeness (QED) is 0.670. The number of amides is 1. The van der Waals surface area contributed by atoms with E-state index in [0.717, 1.165) is 12.8 Å². The molecule has 1 atom stereocenters. The fourth-order valence-electron chi connectivity index (χ4n) is 1.45. The Kier molecular flexibility index (Phi) is 8.35. The number of carbonyl (C=O) groups is 1. The summed E-state index contributed by atoms with van der Waals surface area (Å²) in [5.41, 5.74) is 0.414. The van der Waals surface area contributed by atoms with Crippen molar-refractivity contribution < 1.29 is 18.4 Å². The zero-order valence-electron chi connectivity index (χ0n) is 9.91. The summed E-state index contributed by atoms with van der Waals surface area (Å²) in [5.74, 6) is 0. The predicted molar refractivity (Wildman–Crippen MR) is 60.2 cm³/mol. The summed E-state index contributed by atoms with van der Waals surface area (Å²) < 4.78 is 15.1. The average Bonchev–Trinajstić information content (AvgIpc) is 2.27. The van der Waals surface area contributed by atoms with Crippen molar-refractivity contribution in [2.24, 2.45) is 0 Å². The van der Waals surface area contributed by atoms with Gasteiger partial charge in [-0.25, -0.2) is 4.79 Å². The van der Waals surface area contributed by atoms with E-state index in [1.165, 1.54) is 7.11 Å². The zero-order chi connectivity index (χ0) is 11.7. The van der Waals surface area contributed by atoms with Crippen LogP contribution in [-0.2, 0) is 13.6 Å². The second kappa shape index (κ2) is 8.69. The number of alkyl carbamates (subject to hydrolysis) is 1. The standard InChI is InChI=1S/C9H21NO4Si/c1-5-8(15(13-3)14-4)6-7-10-9(11)12-2/h8,15H,5-7H2,1-4H3,(H,10,11). The summed E-state index contributed by atoms with van der Waals surface area (Å²) in [6.45, 7) is 2.70. The van der Waals surface area contributed by atoms with E-state index in [4.69, 9.17) is 8.85 Å². The first-order chi connectivity index (χ1) is 7.19. The van der Waals surface area contributed by atoms with Crippen molar-refractivity contribution >= 4 is 15.4 Å². The summed E-state index contributed by atoms with van der Waals surface area (Å²) in [6.07, 6.45) is 1.48. The smallest absolute Gasteiger partial charge is 0.406 e. The van der Waals surface area contributed by atoms with Crippen molar-refractivity contribution in [1.29, 1.82) is 0 Å². The summed E-state index contributed by atoms with van der Waals surface area (Å²) in [4.78, 5) is 10.8. The van der Waals surface area contributed by atoms with Crippen LogP contribution in [0.5, 0.6) is 0 Å². The molecule has 90 valence electrons. The van der Waals surface area contributed by atoms with Gasteiger partial charge in [0.2, 0.25) is 0 Å². The monoisotopic (exact) mass is 235 g/mol. The zero-order valence-corrected chi connectivity index (χ0v) is 11.1. The van der Waals surface area contributed by atoms with Crippen LogP contribution < -0.4 is 5.32 Å².